The summed E-state index contributed by atoms with van der Waals surface area (Å²) >= 11 is 0. The molecule has 1 unspecified atom stereocenters. The van der Waals surface area contributed by atoms with Crippen LogP contribution in [0.15, 0.2) is 24.3 Å². The Bertz CT molecular complexity index is 453. The highest BCUT2D eigenvalue weighted by Crippen LogP contribution is 2.45. The van der Waals surface area contributed by atoms with Crippen LogP contribution >= 0.6 is 0 Å². The van der Waals surface area contributed by atoms with Crippen molar-refractivity contribution in [1.82, 2.24) is 5.32 Å². The van der Waals surface area contributed by atoms with Crippen molar-refractivity contribution in [3.63, 3.8) is 0 Å². The highest BCUT2D eigenvalue weighted by atomic mass is 19.4. The molecule has 1 aliphatic rings. The molecule has 0 amide bonds. The standard InChI is InChI=1S/C15H20F3N/c1-13(2,3)10-14(8-9-19-14)11-6-4-5-7-12(11)15(16,17)18/h4-7,19H,8-10H2,1-3H3. The first-order chi connectivity index (χ1) is 8.64. The summed E-state index contributed by atoms with van der Waals surface area (Å²) < 4.78 is 39.4. The summed E-state index contributed by atoms with van der Waals surface area (Å²) in [5.41, 5.74) is -0.661. The molecule has 1 fully saturated rings. The van der Waals surface area contributed by atoms with Gasteiger partial charge in [-0.3, -0.25) is 0 Å². The molecule has 1 N–H and O–H groups in total. The Hall–Kier alpha value is -1.03. The molecule has 1 saturated heterocycles. The topological polar surface area (TPSA) is 12.0 Å². The highest BCUT2D eigenvalue weighted by Gasteiger charge is 2.46. The molecular formula is C15H20F3N. The first kappa shape index (κ1) is 14.4. The number of halogens is 3. The Balaban J connectivity index is 2.45. The number of alkyl halides is 3. The SMILES string of the molecule is CC(C)(C)CC1(c2ccccc2C(F)(F)F)CCN1. The van der Waals surface area contributed by atoms with Crippen molar-refractivity contribution in [2.24, 2.45) is 5.41 Å². The fourth-order valence-corrected chi connectivity index (χ4v) is 2.96. The van der Waals surface area contributed by atoms with Crippen molar-refractivity contribution in [2.75, 3.05) is 6.54 Å². The van der Waals surface area contributed by atoms with E-state index in [0.717, 1.165) is 13.0 Å². The Morgan fingerprint density at radius 3 is 2.16 bits per heavy atom. The fraction of sp³-hybridized carbons (Fsp3) is 0.600. The molecule has 2 rings (SSSR count). The smallest absolute Gasteiger partial charge is 0.307 e. The molecule has 1 atom stereocenters. The van der Waals surface area contributed by atoms with Gasteiger partial charge in [0.2, 0.25) is 0 Å². The minimum absolute atomic E-state index is 0.0217. The summed E-state index contributed by atoms with van der Waals surface area (Å²) in [6.07, 6.45) is -2.83. The third kappa shape index (κ3) is 2.94. The lowest BCUT2D eigenvalue weighted by atomic mass is 9.69. The lowest BCUT2D eigenvalue weighted by Crippen LogP contribution is -2.56. The lowest BCUT2D eigenvalue weighted by Gasteiger charge is -2.48. The molecule has 0 spiro atoms. The Morgan fingerprint density at radius 2 is 1.74 bits per heavy atom. The molecule has 0 aromatic heterocycles. The second-order valence-electron chi connectivity index (χ2n) is 6.54. The van der Waals surface area contributed by atoms with E-state index in [1.54, 1.807) is 12.1 Å². The average molecular weight is 271 g/mol. The average Bonchev–Trinajstić information content (AvgIpc) is 2.21. The van der Waals surface area contributed by atoms with Crippen molar-refractivity contribution in [2.45, 2.75) is 45.3 Å². The Labute approximate surface area is 112 Å². The van der Waals surface area contributed by atoms with Gasteiger partial charge in [-0.15, -0.1) is 0 Å². The van der Waals surface area contributed by atoms with Crippen molar-refractivity contribution < 1.29 is 13.2 Å². The summed E-state index contributed by atoms with van der Waals surface area (Å²) in [6, 6.07) is 5.94. The quantitative estimate of drug-likeness (QED) is 0.844. The van der Waals surface area contributed by atoms with Gasteiger partial charge in [0.25, 0.3) is 0 Å². The first-order valence-electron chi connectivity index (χ1n) is 6.56. The van der Waals surface area contributed by atoms with Crippen LogP contribution in [0, 0.1) is 5.41 Å². The molecule has 1 heterocycles. The van der Waals surface area contributed by atoms with Gasteiger partial charge in [-0.1, -0.05) is 39.0 Å². The van der Waals surface area contributed by atoms with Crippen LogP contribution in [-0.2, 0) is 11.7 Å². The minimum atomic E-state index is -4.29. The maximum atomic E-state index is 13.1. The maximum absolute atomic E-state index is 13.1. The zero-order valence-electron chi connectivity index (χ0n) is 11.6. The second kappa shape index (κ2) is 4.51. The number of hydrogen-bond donors (Lipinski definition) is 1. The van der Waals surface area contributed by atoms with Crippen LogP contribution in [-0.4, -0.2) is 6.54 Å². The maximum Gasteiger partial charge on any atom is 0.416 e. The minimum Gasteiger partial charge on any atom is -0.307 e. The summed E-state index contributed by atoms with van der Waals surface area (Å²) in [4.78, 5) is 0. The molecule has 0 radical (unpaired) electrons. The number of benzene rings is 1. The summed E-state index contributed by atoms with van der Waals surface area (Å²) in [5, 5.41) is 3.24. The van der Waals surface area contributed by atoms with E-state index in [-0.39, 0.29) is 5.41 Å². The van der Waals surface area contributed by atoms with Gasteiger partial charge >= 0.3 is 6.18 Å². The van der Waals surface area contributed by atoms with Crippen molar-refractivity contribution >= 4 is 0 Å². The highest BCUT2D eigenvalue weighted by molar-refractivity contribution is 5.37. The molecule has 1 aromatic rings. The van der Waals surface area contributed by atoms with E-state index in [1.807, 2.05) is 0 Å². The van der Waals surface area contributed by atoms with Crippen LogP contribution in [0.2, 0.25) is 0 Å². The van der Waals surface area contributed by atoms with Gasteiger partial charge in [-0.2, -0.15) is 13.2 Å². The fourth-order valence-electron chi connectivity index (χ4n) is 2.96. The van der Waals surface area contributed by atoms with E-state index in [0.29, 0.717) is 12.0 Å². The van der Waals surface area contributed by atoms with Gasteiger partial charge in [0.1, 0.15) is 0 Å². The van der Waals surface area contributed by atoms with Crippen LogP contribution < -0.4 is 5.32 Å². The van der Waals surface area contributed by atoms with E-state index >= 15 is 0 Å². The summed E-state index contributed by atoms with van der Waals surface area (Å²) in [7, 11) is 0. The van der Waals surface area contributed by atoms with Crippen LogP contribution in [0.25, 0.3) is 0 Å². The monoisotopic (exact) mass is 271 g/mol. The van der Waals surface area contributed by atoms with Crippen LogP contribution in [0.1, 0.15) is 44.7 Å². The molecule has 1 aliphatic heterocycles. The number of nitrogens with one attached hydrogen (secondary N) is 1. The van der Waals surface area contributed by atoms with Crippen LogP contribution in [0.5, 0.6) is 0 Å². The zero-order chi connectivity index (χ0) is 14.3. The van der Waals surface area contributed by atoms with Gasteiger partial charge in [0, 0.05) is 5.54 Å². The normalized spacial score (nSPS) is 24.1. The van der Waals surface area contributed by atoms with Crippen molar-refractivity contribution in [3.8, 4) is 0 Å². The third-order valence-electron chi connectivity index (χ3n) is 3.60. The molecule has 0 aliphatic carbocycles. The molecule has 0 bridgehead atoms. The van der Waals surface area contributed by atoms with Crippen molar-refractivity contribution in [1.29, 1.82) is 0 Å². The largest absolute Gasteiger partial charge is 0.416 e. The Kier molecular flexibility index (Phi) is 3.42. The van der Waals surface area contributed by atoms with Gasteiger partial charge in [0.05, 0.1) is 5.56 Å². The number of hydrogen-bond acceptors (Lipinski definition) is 1. The zero-order valence-corrected chi connectivity index (χ0v) is 11.6. The van der Waals surface area contributed by atoms with Gasteiger partial charge in [-0.25, -0.2) is 0 Å². The Morgan fingerprint density at radius 1 is 1.16 bits per heavy atom. The van der Waals surface area contributed by atoms with Gasteiger partial charge in [0.15, 0.2) is 0 Å². The molecule has 1 aromatic carbocycles. The molecule has 106 valence electrons. The molecule has 4 heteroatoms. The summed E-state index contributed by atoms with van der Waals surface area (Å²) in [5.74, 6) is 0. The first-order valence-corrected chi connectivity index (χ1v) is 6.56. The van der Waals surface area contributed by atoms with E-state index in [2.05, 4.69) is 26.1 Å². The van der Waals surface area contributed by atoms with Crippen molar-refractivity contribution in [3.05, 3.63) is 35.4 Å². The molecule has 0 saturated carbocycles. The predicted octanol–water partition coefficient (Wildman–Crippen LogP) is 4.33. The lowest BCUT2D eigenvalue weighted by molar-refractivity contribution is -0.139. The van der Waals surface area contributed by atoms with Gasteiger partial charge < -0.3 is 5.32 Å². The van der Waals surface area contributed by atoms with Crippen LogP contribution in [0.4, 0.5) is 13.2 Å². The predicted molar refractivity (Wildman–Crippen MR) is 69.8 cm³/mol. The molecule has 1 nitrogen and oxygen atoms in total. The summed E-state index contributed by atoms with van der Waals surface area (Å²) in [6.45, 7) is 6.96. The van der Waals surface area contributed by atoms with E-state index in [9.17, 15) is 13.2 Å². The molecular weight excluding hydrogens is 251 g/mol. The van der Waals surface area contributed by atoms with E-state index < -0.39 is 17.3 Å². The molecule has 19 heavy (non-hydrogen) atoms. The van der Waals surface area contributed by atoms with Gasteiger partial charge in [-0.05, 0) is 36.4 Å². The third-order valence-corrected chi connectivity index (χ3v) is 3.60. The van der Waals surface area contributed by atoms with E-state index in [4.69, 9.17) is 0 Å². The number of rotatable bonds is 2. The van der Waals surface area contributed by atoms with E-state index in [1.165, 1.54) is 12.1 Å². The van der Waals surface area contributed by atoms with Crippen LogP contribution in [0.3, 0.4) is 0 Å². The second-order valence-corrected chi connectivity index (χ2v) is 6.54.